The number of ether oxygens (including phenoxy) is 1. The van der Waals surface area contributed by atoms with E-state index in [9.17, 15) is 14.4 Å². The van der Waals surface area contributed by atoms with E-state index in [1.807, 2.05) is 0 Å². The number of cyclic esters (lactones) is 2. The van der Waals surface area contributed by atoms with Gasteiger partial charge in [0.25, 0.3) is 0 Å². The number of fused-ring (bicyclic) bond motifs is 1. The largest absolute Gasteiger partial charge is 0.478 e. The first-order valence-electron chi connectivity index (χ1n) is 4.40. The second-order valence-corrected chi connectivity index (χ2v) is 3.12. The highest BCUT2D eigenvalue weighted by molar-refractivity contribution is 6.16. The van der Waals surface area contributed by atoms with Gasteiger partial charge >= 0.3 is 17.9 Å². The molecular weight excluding hydrogens is 212 g/mol. The predicted octanol–water partition coefficient (Wildman–Crippen LogP) is 1.09. The maximum absolute atomic E-state index is 11.3. The molecule has 1 aromatic rings. The number of esters is 2. The Hall–Kier alpha value is -2.43. The molecule has 0 radical (unpaired) electrons. The van der Waals surface area contributed by atoms with Gasteiger partial charge in [0.1, 0.15) is 0 Å². The van der Waals surface area contributed by atoms with E-state index in [0.29, 0.717) is 5.56 Å². The van der Waals surface area contributed by atoms with Crippen molar-refractivity contribution in [1.82, 2.24) is 0 Å². The zero-order valence-electron chi connectivity index (χ0n) is 7.97. The fraction of sp³-hybridized carbons (Fsp3) is 0. The van der Waals surface area contributed by atoms with Gasteiger partial charge < -0.3 is 9.84 Å². The van der Waals surface area contributed by atoms with Crippen LogP contribution >= 0.6 is 0 Å². The molecule has 0 saturated carbocycles. The fourth-order valence-corrected chi connectivity index (χ4v) is 1.46. The predicted molar refractivity (Wildman–Crippen MR) is 52.9 cm³/mol. The van der Waals surface area contributed by atoms with Crippen molar-refractivity contribution in [3.8, 4) is 0 Å². The number of hydrogen-bond donors (Lipinski definition) is 1. The average Bonchev–Trinajstić information content (AvgIpc) is 2.52. The highest BCUT2D eigenvalue weighted by Crippen LogP contribution is 2.24. The lowest BCUT2D eigenvalue weighted by molar-refractivity contribution is -0.131. The Morgan fingerprint density at radius 3 is 2.69 bits per heavy atom. The van der Waals surface area contributed by atoms with Crippen molar-refractivity contribution in [2.24, 2.45) is 0 Å². The first-order valence-corrected chi connectivity index (χ1v) is 4.40. The Kier molecular flexibility index (Phi) is 2.28. The molecule has 1 aliphatic heterocycles. The SMILES string of the molecule is O=C(O)C=Cc1cccc2c1C(=O)OC2=O. The number of carboxylic acid groups (broad SMARTS) is 1. The van der Waals surface area contributed by atoms with Crippen molar-refractivity contribution >= 4 is 24.0 Å². The molecule has 5 nitrogen and oxygen atoms in total. The molecule has 1 aliphatic rings. The van der Waals surface area contributed by atoms with Crippen LogP contribution in [0, 0.1) is 0 Å². The van der Waals surface area contributed by atoms with E-state index >= 15 is 0 Å². The van der Waals surface area contributed by atoms with Gasteiger partial charge in [-0.15, -0.1) is 0 Å². The summed E-state index contributed by atoms with van der Waals surface area (Å²) in [7, 11) is 0. The zero-order chi connectivity index (χ0) is 11.7. The zero-order valence-corrected chi connectivity index (χ0v) is 7.97. The van der Waals surface area contributed by atoms with E-state index in [-0.39, 0.29) is 11.1 Å². The number of carbonyl (C=O) groups excluding carboxylic acids is 2. The van der Waals surface area contributed by atoms with E-state index in [1.165, 1.54) is 18.2 Å². The molecule has 0 amide bonds. The van der Waals surface area contributed by atoms with Gasteiger partial charge in [0.15, 0.2) is 0 Å². The summed E-state index contributed by atoms with van der Waals surface area (Å²) >= 11 is 0. The number of carbonyl (C=O) groups is 3. The van der Waals surface area contributed by atoms with Crippen molar-refractivity contribution < 1.29 is 24.2 Å². The second kappa shape index (κ2) is 3.62. The minimum Gasteiger partial charge on any atom is -0.478 e. The quantitative estimate of drug-likeness (QED) is 0.456. The van der Waals surface area contributed by atoms with Gasteiger partial charge in [-0.25, -0.2) is 14.4 Å². The third-order valence-electron chi connectivity index (χ3n) is 2.11. The molecule has 16 heavy (non-hydrogen) atoms. The van der Waals surface area contributed by atoms with Gasteiger partial charge in [-0.3, -0.25) is 0 Å². The highest BCUT2D eigenvalue weighted by atomic mass is 16.6. The summed E-state index contributed by atoms with van der Waals surface area (Å²) in [5.74, 6) is -2.58. The molecule has 1 heterocycles. The van der Waals surface area contributed by atoms with Crippen molar-refractivity contribution in [3.63, 3.8) is 0 Å². The van der Waals surface area contributed by atoms with Crippen LogP contribution in [0.2, 0.25) is 0 Å². The van der Waals surface area contributed by atoms with Crippen LogP contribution in [0.15, 0.2) is 24.3 Å². The highest BCUT2D eigenvalue weighted by Gasteiger charge is 2.31. The summed E-state index contributed by atoms with van der Waals surface area (Å²) in [5, 5.41) is 8.47. The number of hydrogen-bond acceptors (Lipinski definition) is 4. The van der Waals surface area contributed by atoms with Crippen LogP contribution < -0.4 is 0 Å². The summed E-state index contributed by atoms with van der Waals surface area (Å²) in [6.07, 6.45) is 2.15. The Labute approximate surface area is 90.0 Å². The van der Waals surface area contributed by atoms with E-state index < -0.39 is 17.9 Å². The van der Waals surface area contributed by atoms with Gasteiger partial charge in [0.05, 0.1) is 11.1 Å². The number of carboxylic acids is 1. The van der Waals surface area contributed by atoms with Gasteiger partial charge in [-0.05, 0) is 17.7 Å². The van der Waals surface area contributed by atoms with Crippen LogP contribution in [0.4, 0.5) is 0 Å². The molecule has 0 spiro atoms. The van der Waals surface area contributed by atoms with Crippen molar-refractivity contribution in [1.29, 1.82) is 0 Å². The lowest BCUT2D eigenvalue weighted by atomic mass is 10.0. The molecule has 1 aromatic carbocycles. The van der Waals surface area contributed by atoms with Crippen LogP contribution in [0.1, 0.15) is 26.3 Å². The smallest absolute Gasteiger partial charge is 0.347 e. The van der Waals surface area contributed by atoms with Crippen molar-refractivity contribution in [2.75, 3.05) is 0 Å². The molecule has 0 aliphatic carbocycles. The fourth-order valence-electron chi connectivity index (χ4n) is 1.46. The average molecular weight is 218 g/mol. The van der Waals surface area contributed by atoms with Crippen LogP contribution in [0.25, 0.3) is 6.08 Å². The first kappa shape index (κ1) is 10.1. The molecule has 0 unspecified atom stereocenters. The summed E-state index contributed by atoms with van der Waals surface area (Å²) in [6.45, 7) is 0. The number of aliphatic carboxylic acids is 1. The van der Waals surface area contributed by atoms with Gasteiger partial charge in [0, 0.05) is 6.08 Å². The van der Waals surface area contributed by atoms with Crippen molar-refractivity contribution in [2.45, 2.75) is 0 Å². The molecular formula is C11H6O5. The third-order valence-corrected chi connectivity index (χ3v) is 2.11. The Morgan fingerprint density at radius 1 is 1.25 bits per heavy atom. The monoisotopic (exact) mass is 218 g/mol. The van der Waals surface area contributed by atoms with E-state index in [2.05, 4.69) is 4.74 Å². The van der Waals surface area contributed by atoms with Gasteiger partial charge in [0.2, 0.25) is 0 Å². The summed E-state index contributed by atoms with van der Waals surface area (Å²) in [5.41, 5.74) is 0.637. The third kappa shape index (κ3) is 1.58. The Bertz CT molecular complexity index is 527. The summed E-state index contributed by atoms with van der Waals surface area (Å²) in [4.78, 5) is 32.8. The van der Waals surface area contributed by atoms with Crippen LogP contribution in [0.3, 0.4) is 0 Å². The standard InChI is InChI=1S/C11H6O5/c12-8(13)5-4-6-2-1-3-7-9(6)11(15)16-10(7)14/h1-5H,(H,12,13). The normalized spacial score (nSPS) is 14.0. The number of benzene rings is 1. The molecule has 0 atom stereocenters. The summed E-state index contributed by atoms with van der Waals surface area (Å²) < 4.78 is 4.42. The maximum Gasteiger partial charge on any atom is 0.347 e. The van der Waals surface area contributed by atoms with Crippen LogP contribution in [-0.4, -0.2) is 23.0 Å². The minimum atomic E-state index is -1.13. The Morgan fingerprint density at radius 2 is 2.00 bits per heavy atom. The molecule has 0 bridgehead atoms. The molecule has 0 saturated heterocycles. The van der Waals surface area contributed by atoms with Gasteiger partial charge in [-0.1, -0.05) is 12.1 Å². The molecule has 5 heteroatoms. The van der Waals surface area contributed by atoms with Gasteiger partial charge in [-0.2, -0.15) is 0 Å². The first-order chi connectivity index (χ1) is 7.59. The molecule has 1 N–H and O–H groups in total. The Balaban J connectivity index is 2.53. The second-order valence-electron chi connectivity index (χ2n) is 3.12. The van der Waals surface area contributed by atoms with Crippen LogP contribution in [-0.2, 0) is 9.53 Å². The molecule has 2 rings (SSSR count). The number of rotatable bonds is 2. The summed E-state index contributed by atoms with van der Waals surface area (Å²) in [6, 6.07) is 4.55. The van der Waals surface area contributed by atoms with E-state index in [1.54, 1.807) is 6.07 Å². The lowest BCUT2D eigenvalue weighted by Gasteiger charge is -1.97. The van der Waals surface area contributed by atoms with E-state index in [4.69, 9.17) is 5.11 Å². The molecule has 80 valence electrons. The topological polar surface area (TPSA) is 80.7 Å². The minimum absolute atomic E-state index is 0.116. The van der Waals surface area contributed by atoms with Crippen LogP contribution in [0.5, 0.6) is 0 Å². The van der Waals surface area contributed by atoms with E-state index in [0.717, 1.165) is 6.08 Å². The molecule has 0 fully saturated rings. The van der Waals surface area contributed by atoms with Crippen molar-refractivity contribution in [3.05, 3.63) is 41.0 Å². The molecule has 0 aromatic heterocycles. The lowest BCUT2D eigenvalue weighted by Crippen LogP contribution is -1.98. The maximum atomic E-state index is 11.3.